The molecule has 0 saturated carbocycles. The van der Waals surface area contributed by atoms with E-state index in [0.29, 0.717) is 24.3 Å². The number of carbonyl (C=O) groups excluding carboxylic acids is 1. The lowest BCUT2D eigenvalue weighted by Gasteiger charge is -2.18. The van der Waals surface area contributed by atoms with Crippen molar-refractivity contribution in [2.75, 3.05) is 6.61 Å². The predicted molar refractivity (Wildman–Crippen MR) is 115 cm³/mol. The van der Waals surface area contributed by atoms with Gasteiger partial charge in [0.05, 0.1) is 12.8 Å². The molecule has 0 aliphatic heterocycles. The lowest BCUT2D eigenvalue weighted by atomic mass is 10.1. The summed E-state index contributed by atoms with van der Waals surface area (Å²) in [5.74, 6) is -0.587. The highest BCUT2D eigenvalue weighted by molar-refractivity contribution is 7.73. The van der Waals surface area contributed by atoms with Crippen LogP contribution in [0.25, 0.3) is 0 Å². The molecular formula is C17H16N4O3S4. The van der Waals surface area contributed by atoms with Gasteiger partial charge in [-0.25, -0.2) is 9.79 Å². The Morgan fingerprint density at radius 3 is 2.79 bits per heavy atom. The number of benzene rings is 1. The Hall–Kier alpha value is -2.21. The number of aliphatic imine (C=N–C) groups is 1. The zero-order valence-corrected chi connectivity index (χ0v) is 18.0. The zero-order valence-electron chi connectivity index (χ0n) is 14.7. The van der Waals surface area contributed by atoms with Crippen LogP contribution in [0.4, 0.5) is 5.13 Å². The van der Waals surface area contributed by atoms with Crippen molar-refractivity contribution >= 4 is 64.4 Å². The van der Waals surface area contributed by atoms with Gasteiger partial charge in [-0.3, -0.25) is 9.67 Å². The van der Waals surface area contributed by atoms with E-state index in [-0.39, 0.29) is 12.5 Å². The first-order chi connectivity index (χ1) is 13.5. The molecule has 0 bridgehead atoms. The van der Waals surface area contributed by atoms with Gasteiger partial charge in [-0.15, -0.1) is 5.10 Å². The van der Waals surface area contributed by atoms with E-state index in [4.69, 9.17) is 29.2 Å². The van der Waals surface area contributed by atoms with Gasteiger partial charge in [0, 0.05) is 6.42 Å². The number of aromatic amines is 1. The van der Waals surface area contributed by atoms with Crippen molar-refractivity contribution in [1.29, 1.82) is 0 Å². The summed E-state index contributed by atoms with van der Waals surface area (Å²) in [6.07, 6.45) is 1.80. The van der Waals surface area contributed by atoms with E-state index < -0.39 is 12.0 Å². The quantitative estimate of drug-likeness (QED) is 0.309. The van der Waals surface area contributed by atoms with E-state index in [1.807, 2.05) is 30.3 Å². The molecule has 7 nitrogen and oxygen atoms in total. The largest absolute Gasteiger partial charge is 0.493 e. The van der Waals surface area contributed by atoms with Gasteiger partial charge < -0.3 is 9.84 Å². The van der Waals surface area contributed by atoms with Crippen LogP contribution >= 0.6 is 47.1 Å². The summed E-state index contributed by atoms with van der Waals surface area (Å²) in [4.78, 5) is 17.2. The van der Waals surface area contributed by atoms with Crippen molar-refractivity contribution < 1.29 is 14.6 Å². The maximum Gasteiger partial charge on any atom is 0.329 e. The third-order valence-corrected chi connectivity index (χ3v) is 6.03. The number of ether oxygens (including phenoxy) is 1. The molecule has 0 radical (unpaired) electrons. The number of hydrogen-bond acceptors (Lipinski definition) is 9. The van der Waals surface area contributed by atoms with Crippen molar-refractivity contribution in [2.24, 2.45) is 4.99 Å². The molecule has 0 saturated heterocycles. The van der Waals surface area contributed by atoms with E-state index in [1.54, 1.807) is 6.92 Å². The maximum atomic E-state index is 12.6. The number of esters is 1. The first-order valence-electron chi connectivity index (χ1n) is 8.24. The van der Waals surface area contributed by atoms with Crippen LogP contribution < -0.4 is 0 Å². The fourth-order valence-corrected chi connectivity index (χ4v) is 4.50. The summed E-state index contributed by atoms with van der Waals surface area (Å²) < 4.78 is 7.48. The molecule has 1 atom stereocenters. The number of nitrogens with zero attached hydrogens (tertiary/aromatic N) is 3. The predicted octanol–water partition coefficient (Wildman–Crippen LogP) is 4.60. The van der Waals surface area contributed by atoms with Crippen LogP contribution in [0.3, 0.4) is 0 Å². The van der Waals surface area contributed by atoms with Gasteiger partial charge >= 0.3 is 5.97 Å². The minimum absolute atomic E-state index is 0.133. The lowest BCUT2D eigenvalue weighted by molar-refractivity contribution is -0.147. The van der Waals surface area contributed by atoms with Crippen LogP contribution in [0.2, 0.25) is 0 Å². The Balaban J connectivity index is 1.96. The van der Waals surface area contributed by atoms with E-state index in [1.165, 1.54) is 22.1 Å². The molecule has 0 fully saturated rings. The van der Waals surface area contributed by atoms with Crippen molar-refractivity contribution in [3.8, 4) is 5.88 Å². The van der Waals surface area contributed by atoms with Crippen molar-refractivity contribution in [3.63, 3.8) is 0 Å². The second-order valence-corrected chi connectivity index (χ2v) is 8.86. The molecule has 2 aromatic heterocycles. The Kier molecular flexibility index (Phi) is 6.83. The summed E-state index contributed by atoms with van der Waals surface area (Å²) in [5, 5.41) is 17.7. The zero-order chi connectivity index (χ0) is 20.1. The van der Waals surface area contributed by atoms with E-state index >= 15 is 0 Å². The summed E-state index contributed by atoms with van der Waals surface area (Å²) in [6, 6.07) is 8.72. The van der Waals surface area contributed by atoms with Gasteiger partial charge in [-0.05, 0) is 36.9 Å². The van der Waals surface area contributed by atoms with Gasteiger partial charge in [-0.1, -0.05) is 53.0 Å². The number of hydrogen-bond donors (Lipinski definition) is 2. The second-order valence-electron chi connectivity index (χ2n) is 5.54. The first-order valence-corrected chi connectivity index (χ1v) is 10.7. The molecule has 3 rings (SSSR count). The lowest BCUT2D eigenvalue weighted by Crippen LogP contribution is -2.24. The molecule has 2 N–H and O–H groups in total. The number of H-pyrrole nitrogens is 1. The third-order valence-electron chi connectivity index (χ3n) is 3.70. The van der Waals surface area contributed by atoms with Gasteiger partial charge in [0.25, 0.3) is 0 Å². The van der Waals surface area contributed by atoms with Crippen LogP contribution in [0.5, 0.6) is 5.88 Å². The number of thiazole rings is 1. The Labute approximate surface area is 179 Å². The van der Waals surface area contributed by atoms with Crippen molar-refractivity contribution in [2.45, 2.75) is 19.4 Å². The fourth-order valence-electron chi connectivity index (χ4n) is 2.50. The highest BCUT2D eigenvalue weighted by Crippen LogP contribution is 2.31. The number of carbonyl (C=O) groups is 1. The van der Waals surface area contributed by atoms with Gasteiger partial charge in [0.15, 0.2) is 7.91 Å². The van der Waals surface area contributed by atoms with Crippen LogP contribution in [0.1, 0.15) is 23.4 Å². The van der Waals surface area contributed by atoms with Crippen LogP contribution in [-0.2, 0) is 16.0 Å². The van der Waals surface area contributed by atoms with Crippen molar-refractivity contribution in [3.05, 3.63) is 48.7 Å². The molecule has 3 aromatic rings. The molecule has 0 spiro atoms. The first kappa shape index (κ1) is 20.5. The summed E-state index contributed by atoms with van der Waals surface area (Å²) in [6.45, 7) is 1.97. The molecule has 28 heavy (non-hydrogen) atoms. The highest BCUT2D eigenvalue weighted by Gasteiger charge is 2.27. The number of aromatic hydroxyl groups is 1. The Bertz CT molecular complexity index is 1100. The van der Waals surface area contributed by atoms with Gasteiger partial charge in [0.1, 0.15) is 10.9 Å². The average Bonchev–Trinajstić information content (AvgIpc) is 3.22. The minimum atomic E-state index is -0.777. The number of nitrogens with one attached hydrogen (secondary N) is 1. The van der Waals surface area contributed by atoms with E-state index in [2.05, 4.69) is 15.2 Å². The summed E-state index contributed by atoms with van der Waals surface area (Å²) >= 11 is 12.7. The Morgan fingerprint density at radius 1 is 1.39 bits per heavy atom. The monoisotopic (exact) mass is 452 g/mol. The SMILES string of the molecule is CCOC(=O)C(Cc1ccccc1)n1c(O)c(/C=N/c2n[nH]c(=S)s2)sc1=S. The molecule has 1 unspecified atom stereocenters. The van der Waals surface area contributed by atoms with Crippen LogP contribution in [0.15, 0.2) is 35.3 Å². The molecule has 146 valence electrons. The van der Waals surface area contributed by atoms with Crippen LogP contribution in [-0.4, -0.2) is 38.7 Å². The molecule has 2 heterocycles. The van der Waals surface area contributed by atoms with E-state index in [0.717, 1.165) is 16.9 Å². The van der Waals surface area contributed by atoms with Gasteiger partial charge in [0.2, 0.25) is 11.0 Å². The third kappa shape index (κ3) is 4.79. The molecular weight excluding hydrogens is 436 g/mol. The summed E-state index contributed by atoms with van der Waals surface area (Å²) in [7, 11) is 0. The molecule has 1 aromatic carbocycles. The smallest absolute Gasteiger partial charge is 0.329 e. The average molecular weight is 453 g/mol. The summed E-state index contributed by atoms with van der Waals surface area (Å²) in [5.41, 5.74) is 0.930. The highest BCUT2D eigenvalue weighted by atomic mass is 32.2. The van der Waals surface area contributed by atoms with Crippen LogP contribution in [0, 0.1) is 7.91 Å². The normalized spacial score (nSPS) is 12.3. The number of aromatic nitrogens is 3. The molecule has 11 heteroatoms. The van der Waals surface area contributed by atoms with Gasteiger partial charge in [-0.2, -0.15) is 0 Å². The van der Waals surface area contributed by atoms with E-state index in [9.17, 15) is 9.90 Å². The number of rotatable bonds is 7. The molecule has 0 aliphatic rings. The minimum Gasteiger partial charge on any atom is -0.493 e. The Morgan fingerprint density at radius 2 is 2.14 bits per heavy atom. The maximum absolute atomic E-state index is 12.6. The standard InChI is InChI=1S/C17H16N4O3S4/c1-2-24-14(23)11(8-10-6-4-3-5-7-10)21-13(22)12(27-17(21)26)9-18-15-19-20-16(25)28-15/h3-7,9,11,22H,2,8H2,1H3,(H,20,25)/b18-9+. The second kappa shape index (κ2) is 9.32. The topological polar surface area (TPSA) is 92.5 Å². The molecule has 0 aliphatic carbocycles. The fraction of sp³-hybridized carbons (Fsp3) is 0.235. The molecule has 0 amide bonds. The van der Waals surface area contributed by atoms with Crippen molar-refractivity contribution in [1.82, 2.24) is 14.8 Å².